The van der Waals surface area contributed by atoms with E-state index >= 15 is 0 Å². The molecule has 4 aromatic carbocycles. The minimum atomic E-state index is 0.166. The molecule has 0 aromatic heterocycles. The third-order valence-electron chi connectivity index (χ3n) is 4.81. The van der Waals surface area contributed by atoms with Crippen LogP contribution < -0.4 is 0 Å². The molecule has 0 atom stereocenters. The molecule has 0 unspecified atom stereocenters. The lowest BCUT2D eigenvalue weighted by molar-refractivity contribution is 0.590. The van der Waals surface area contributed by atoms with E-state index in [0.717, 1.165) is 0 Å². The molecule has 0 aliphatic carbocycles. The molecule has 0 spiro atoms. The van der Waals surface area contributed by atoms with Crippen molar-refractivity contribution in [2.75, 3.05) is 0 Å². The van der Waals surface area contributed by atoms with Crippen molar-refractivity contribution in [3.8, 4) is 11.1 Å². The van der Waals surface area contributed by atoms with Gasteiger partial charge >= 0.3 is 0 Å². The van der Waals surface area contributed by atoms with E-state index in [1.807, 2.05) is 0 Å². The SMILES string of the molecule is CC(C)(C)c1cccc(-c2ccc3ccc4ccccc4c3c2)c1. The van der Waals surface area contributed by atoms with Gasteiger partial charge < -0.3 is 0 Å². The fourth-order valence-corrected chi connectivity index (χ4v) is 3.35. The molecular formula is C24H22. The standard InChI is InChI=1S/C24H22/c1-24(2,3)21-9-6-8-19(15-21)20-14-13-18-12-11-17-7-4-5-10-22(17)23(18)16-20/h4-16H,1-3H3. The highest BCUT2D eigenvalue weighted by Crippen LogP contribution is 2.32. The summed E-state index contributed by atoms with van der Waals surface area (Å²) in [5.41, 5.74) is 4.11. The maximum absolute atomic E-state index is 2.33. The van der Waals surface area contributed by atoms with Gasteiger partial charge in [0.25, 0.3) is 0 Å². The van der Waals surface area contributed by atoms with Crippen LogP contribution in [-0.4, -0.2) is 0 Å². The van der Waals surface area contributed by atoms with Gasteiger partial charge in [-0.1, -0.05) is 93.6 Å². The minimum Gasteiger partial charge on any atom is -0.0616 e. The number of hydrogen-bond donors (Lipinski definition) is 0. The first-order valence-electron chi connectivity index (χ1n) is 8.55. The third kappa shape index (κ3) is 2.59. The van der Waals surface area contributed by atoms with Crippen LogP contribution in [0.1, 0.15) is 26.3 Å². The molecule has 0 aliphatic heterocycles. The summed E-state index contributed by atoms with van der Waals surface area (Å²) in [4.78, 5) is 0. The molecule has 0 N–H and O–H groups in total. The smallest absolute Gasteiger partial charge is 0.00992 e. The predicted octanol–water partition coefficient (Wildman–Crippen LogP) is 6.96. The molecule has 0 nitrogen and oxygen atoms in total. The van der Waals surface area contributed by atoms with Crippen molar-refractivity contribution >= 4 is 21.5 Å². The molecule has 0 fully saturated rings. The van der Waals surface area contributed by atoms with Crippen molar-refractivity contribution in [1.82, 2.24) is 0 Å². The molecule has 4 rings (SSSR count). The van der Waals surface area contributed by atoms with E-state index < -0.39 is 0 Å². The van der Waals surface area contributed by atoms with Crippen LogP contribution in [0.5, 0.6) is 0 Å². The van der Waals surface area contributed by atoms with Crippen LogP contribution >= 0.6 is 0 Å². The van der Waals surface area contributed by atoms with Gasteiger partial charge in [0.2, 0.25) is 0 Å². The summed E-state index contributed by atoms with van der Waals surface area (Å²) in [6.45, 7) is 6.79. The van der Waals surface area contributed by atoms with Crippen LogP contribution in [0.2, 0.25) is 0 Å². The van der Waals surface area contributed by atoms with Crippen LogP contribution in [-0.2, 0) is 5.41 Å². The van der Waals surface area contributed by atoms with E-state index in [4.69, 9.17) is 0 Å². The molecule has 0 saturated heterocycles. The van der Waals surface area contributed by atoms with E-state index in [1.54, 1.807) is 0 Å². The monoisotopic (exact) mass is 310 g/mol. The number of rotatable bonds is 1. The van der Waals surface area contributed by atoms with Gasteiger partial charge in [0, 0.05) is 0 Å². The Morgan fingerprint density at radius 3 is 2.00 bits per heavy atom. The van der Waals surface area contributed by atoms with Crippen LogP contribution in [0.15, 0.2) is 78.9 Å². The highest BCUT2D eigenvalue weighted by Gasteiger charge is 2.14. The Labute approximate surface area is 143 Å². The van der Waals surface area contributed by atoms with Gasteiger partial charge in [-0.3, -0.25) is 0 Å². The lowest BCUT2D eigenvalue weighted by atomic mass is 9.85. The van der Waals surface area contributed by atoms with Gasteiger partial charge in [-0.2, -0.15) is 0 Å². The maximum atomic E-state index is 2.33. The van der Waals surface area contributed by atoms with Gasteiger partial charge in [0.15, 0.2) is 0 Å². The van der Waals surface area contributed by atoms with E-state index in [9.17, 15) is 0 Å². The van der Waals surface area contributed by atoms with Crippen molar-refractivity contribution in [1.29, 1.82) is 0 Å². The number of fused-ring (bicyclic) bond motifs is 3. The molecule has 0 saturated carbocycles. The molecule has 0 heterocycles. The fraction of sp³-hybridized carbons (Fsp3) is 0.167. The molecule has 4 aromatic rings. The summed E-state index contributed by atoms with van der Waals surface area (Å²) < 4.78 is 0. The average Bonchev–Trinajstić information content (AvgIpc) is 2.60. The van der Waals surface area contributed by atoms with Crippen molar-refractivity contribution in [3.63, 3.8) is 0 Å². The lowest BCUT2D eigenvalue weighted by Crippen LogP contribution is -2.10. The minimum absolute atomic E-state index is 0.166. The summed E-state index contributed by atoms with van der Waals surface area (Å²) in [5.74, 6) is 0. The Morgan fingerprint density at radius 1 is 0.542 bits per heavy atom. The van der Waals surface area contributed by atoms with Crippen molar-refractivity contribution in [2.45, 2.75) is 26.2 Å². The van der Waals surface area contributed by atoms with Crippen LogP contribution in [0.4, 0.5) is 0 Å². The zero-order chi connectivity index (χ0) is 16.7. The Hall–Kier alpha value is -2.60. The fourth-order valence-electron chi connectivity index (χ4n) is 3.35. The average molecular weight is 310 g/mol. The van der Waals surface area contributed by atoms with Crippen LogP contribution in [0, 0.1) is 0 Å². The summed E-state index contributed by atoms with van der Waals surface area (Å²) in [7, 11) is 0. The number of hydrogen-bond acceptors (Lipinski definition) is 0. The van der Waals surface area contributed by atoms with Gasteiger partial charge in [-0.15, -0.1) is 0 Å². The van der Waals surface area contributed by atoms with E-state index in [-0.39, 0.29) is 5.41 Å². The molecular weight excluding hydrogens is 288 g/mol. The van der Waals surface area contributed by atoms with Gasteiger partial charge in [-0.25, -0.2) is 0 Å². The molecule has 0 aliphatic rings. The topological polar surface area (TPSA) is 0 Å². The lowest BCUT2D eigenvalue weighted by Gasteiger charge is -2.20. The Kier molecular flexibility index (Phi) is 3.42. The molecule has 0 amide bonds. The molecule has 0 bridgehead atoms. The first kappa shape index (κ1) is 15.0. The molecule has 24 heavy (non-hydrogen) atoms. The second-order valence-electron chi connectivity index (χ2n) is 7.55. The second kappa shape index (κ2) is 5.49. The highest BCUT2D eigenvalue weighted by atomic mass is 14.2. The van der Waals surface area contributed by atoms with E-state index in [1.165, 1.54) is 38.2 Å². The van der Waals surface area contributed by atoms with Gasteiger partial charge in [-0.05, 0) is 49.7 Å². The summed E-state index contributed by atoms with van der Waals surface area (Å²) >= 11 is 0. The normalized spacial score (nSPS) is 12.0. The molecule has 0 radical (unpaired) electrons. The molecule has 0 heteroatoms. The van der Waals surface area contributed by atoms with Crippen LogP contribution in [0.3, 0.4) is 0 Å². The number of benzene rings is 4. The van der Waals surface area contributed by atoms with Crippen LogP contribution in [0.25, 0.3) is 32.7 Å². The Bertz CT molecular complexity index is 1030. The maximum Gasteiger partial charge on any atom is -0.00992 e. The highest BCUT2D eigenvalue weighted by molar-refractivity contribution is 6.08. The first-order valence-corrected chi connectivity index (χ1v) is 8.55. The van der Waals surface area contributed by atoms with E-state index in [0.29, 0.717) is 0 Å². The van der Waals surface area contributed by atoms with Crippen molar-refractivity contribution < 1.29 is 0 Å². The first-order chi connectivity index (χ1) is 11.5. The molecule has 118 valence electrons. The van der Waals surface area contributed by atoms with Crippen molar-refractivity contribution in [2.24, 2.45) is 0 Å². The Morgan fingerprint density at radius 2 is 1.21 bits per heavy atom. The second-order valence-corrected chi connectivity index (χ2v) is 7.55. The van der Waals surface area contributed by atoms with Gasteiger partial charge in [0.05, 0.1) is 0 Å². The zero-order valence-electron chi connectivity index (χ0n) is 14.5. The summed E-state index contributed by atoms with van der Waals surface area (Å²) in [5, 5.41) is 5.24. The largest absolute Gasteiger partial charge is 0.0616 e. The predicted molar refractivity (Wildman–Crippen MR) is 106 cm³/mol. The van der Waals surface area contributed by atoms with Gasteiger partial charge in [0.1, 0.15) is 0 Å². The summed E-state index contributed by atoms with van der Waals surface area (Å²) in [6, 6.07) is 28.8. The summed E-state index contributed by atoms with van der Waals surface area (Å²) in [6.07, 6.45) is 0. The van der Waals surface area contributed by atoms with E-state index in [2.05, 4.69) is 99.6 Å². The zero-order valence-corrected chi connectivity index (χ0v) is 14.5. The van der Waals surface area contributed by atoms with Crippen molar-refractivity contribution in [3.05, 3.63) is 84.4 Å². The Balaban J connectivity index is 1.93. The quantitative estimate of drug-likeness (QED) is 0.333. The third-order valence-corrected chi connectivity index (χ3v) is 4.81.